The van der Waals surface area contributed by atoms with Crippen LogP contribution >= 0.6 is 0 Å². The smallest absolute Gasteiger partial charge is 0.315 e. The van der Waals surface area contributed by atoms with E-state index < -0.39 is 65.7 Å². The third-order valence-corrected chi connectivity index (χ3v) is 8.57. The molecule has 204 valence electrons. The maximum absolute atomic E-state index is 13.3. The van der Waals surface area contributed by atoms with Crippen molar-refractivity contribution in [1.82, 2.24) is 4.90 Å². The van der Waals surface area contributed by atoms with E-state index in [-0.39, 0.29) is 29.7 Å². The molecule has 2 bridgehead atoms. The molecule has 1 fully saturated rings. The van der Waals surface area contributed by atoms with Gasteiger partial charge in [-0.25, -0.2) is 0 Å². The van der Waals surface area contributed by atoms with Gasteiger partial charge >= 0.3 is 17.9 Å². The van der Waals surface area contributed by atoms with Crippen LogP contribution < -0.4 is 4.74 Å². The summed E-state index contributed by atoms with van der Waals surface area (Å²) in [6.07, 6.45) is -0.436. The van der Waals surface area contributed by atoms with Crippen molar-refractivity contribution < 1.29 is 48.7 Å². The zero-order valence-corrected chi connectivity index (χ0v) is 21.4. The normalized spacial score (nSPS) is 30.3. The maximum Gasteiger partial charge on any atom is 0.315 e. The molecule has 3 N–H and O–H groups in total. The van der Waals surface area contributed by atoms with Gasteiger partial charge < -0.3 is 34.4 Å². The second-order valence-corrected chi connectivity index (χ2v) is 10.7. The Morgan fingerprint density at radius 3 is 2.66 bits per heavy atom. The first kappa shape index (κ1) is 26.2. The molecule has 11 heteroatoms. The predicted molar refractivity (Wildman–Crippen MR) is 129 cm³/mol. The average Bonchev–Trinajstić information content (AvgIpc) is 3.19. The molecule has 1 aromatic carbocycles. The molecule has 0 amide bonds. The lowest BCUT2D eigenvalue weighted by molar-refractivity contribution is -0.171. The van der Waals surface area contributed by atoms with Crippen molar-refractivity contribution in [3.05, 3.63) is 35.1 Å². The van der Waals surface area contributed by atoms with Gasteiger partial charge in [-0.05, 0) is 51.1 Å². The highest BCUT2D eigenvalue weighted by Crippen LogP contribution is 2.65. The predicted octanol–water partition coefficient (Wildman–Crippen LogP) is 1.21. The number of aromatic hydroxyl groups is 1. The van der Waals surface area contributed by atoms with Gasteiger partial charge in [-0.3, -0.25) is 19.2 Å². The first-order valence-corrected chi connectivity index (χ1v) is 12.7. The molecule has 4 aliphatic rings. The van der Waals surface area contributed by atoms with Crippen LogP contribution in [0.25, 0.3) is 0 Å². The number of aliphatic hydroxyl groups is 1. The Labute approximate surface area is 219 Å². The number of carbonyl (C=O) groups is 4. The van der Waals surface area contributed by atoms with Crippen molar-refractivity contribution >= 4 is 23.7 Å². The number of phenols is 1. The summed E-state index contributed by atoms with van der Waals surface area (Å²) < 4.78 is 16.8. The number of Topliss-reactive ketones (excluding diaryl/α,β-unsaturated/α-hetero) is 1. The van der Waals surface area contributed by atoms with E-state index in [4.69, 9.17) is 14.2 Å². The summed E-state index contributed by atoms with van der Waals surface area (Å²) >= 11 is 0. The van der Waals surface area contributed by atoms with E-state index >= 15 is 0 Å². The molecule has 2 aliphatic carbocycles. The number of likely N-dealkylation sites (tertiary alicyclic amines) is 1. The topological polar surface area (TPSA) is 160 Å². The molecule has 38 heavy (non-hydrogen) atoms. The molecule has 2 aliphatic heterocycles. The minimum absolute atomic E-state index is 0.0771. The Bertz CT molecular complexity index is 1260. The van der Waals surface area contributed by atoms with Crippen molar-refractivity contribution in [2.45, 2.75) is 75.2 Å². The van der Waals surface area contributed by atoms with Gasteiger partial charge in [0.15, 0.2) is 29.5 Å². The fraction of sp³-hybridized carbons (Fsp3) is 0.556. The van der Waals surface area contributed by atoms with E-state index in [0.29, 0.717) is 19.4 Å². The number of ketones is 1. The summed E-state index contributed by atoms with van der Waals surface area (Å²) in [5.41, 5.74) is -0.549. The summed E-state index contributed by atoms with van der Waals surface area (Å²) in [6, 6.07) is 3.16. The highest BCUT2D eigenvalue weighted by Gasteiger charge is 2.72. The Kier molecular flexibility index (Phi) is 6.26. The summed E-state index contributed by atoms with van der Waals surface area (Å²) in [7, 11) is 1.95. The molecular formula is C27H31NO10. The highest BCUT2D eigenvalue weighted by molar-refractivity contribution is 5.90. The van der Waals surface area contributed by atoms with Crippen LogP contribution in [0.4, 0.5) is 0 Å². The third-order valence-electron chi connectivity index (χ3n) is 8.57. The minimum atomic E-state index is -1.33. The average molecular weight is 530 g/mol. The molecule has 0 saturated carbocycles. The molecule has 1 spiro atoms. The van der Waals surface area contributed by atoms with E-state index in [2.05, 4.69) is 4.90 Å². The number of nitrogens with zero attached hydrogens (tertiary/aromatic N) is 1. The molecular weight excluding hydrogens is 498 g/mol. The van der Waals surface area contributed by atoms with Gasteiger partial charge in [0.1, 0.15) is 5.76 Å². The standard InChI is InChI=1S/C27H31NO10/c1-13(36-14(2)29)18(31)10-16(12-21(32)33)25(34)37-19-6-7-27(35)20-11-15-4-5-17(30)23-22(15)26(27,24(19)38-23)8-9-28(20)3/h4-6,13,16,20,24,30,35H,7-12H2,1-3H3,(H,32,33)/t13-,16-,20-,24-,26-,27+/m0/s1. The van der Waals surface area contributed by atoms with Crippen LogP contribution in [0.3, 0.4) is 0 Å². The number of phenolic OH excluding ortho intramolecular Hbond substituents is 1. The number of carboxylic acids is 1. The number of carbonyl (C=O) groups excluding carboxylic acids is 3. The first-order chi connectivity index (χ1) is 17.9. The number of aliphatic carboxylic acids is 1. The van der Waals surface area contributed by atoms with E-state index in [1.807, 2.05) is 13.1 Å². The number of ether oxygens (including phenoxy) is 3. The second kappa shape index (κ2) is 9.09. The van der Waals surface area contributed by atoms with Crippen LogP contribution in [-0.2, 0) is 40.5 Å². The first-order valence-electron chi connectivity index (χ1n) is 12.7. The van der Waals surface area contributed by atoms with Crippen molar-refractivity contribution in [2.75, 3.05) is 13.6 Å². The number of esters is 2. The zero-order valence-electron chi connectivity index (χ0n) is 21.4. The van der Waals surface area contributed by atoms with Crippen LogP contribution in [0.15, 0.2) is 24.0 Å². The fourth-order valence-corrected chi connectivity index (χ4v) is 6.81. The number of piperidine rings is 1. The van der Waals surface area contributed by atoms with Gasteiger partial charge in [0.25, 0.3) is 0 Å². The van der Waals surface area contributed by atoms with Crippen LogP contribution in [0.2, 0.25) is 0 Å². The molecule has 1 saturated heterocycles. The summed E-state index contributed by atoms with van der Waals surface area (Å²) in [4.78, 5) is 50.6. The van der Waals surface area contributed by atoms with Crippen LogP contribution in [-0.4, -0.2) is 81.4 Å². The SMILES string of the molecule is CC(=O)O[C@@H](C)C(=O)C[C@@H](CC(=O)O)C(=O)OC1=CC[C@@]2(O)[C@@H]3Cc4ccc(O)c5c4[C@@]2(CCN3C)[C@H]1O5. The van der Waals surface area contributed by atoms with Gasteiger partial charge in [-0.1, -0.05) is 6.07 Å². The van der Waals surface area contributed by atoms with Crippen LogP contribution in [0.5, 0.6) is 11.5 Å². The molecule has 1 aromatic rings. The Hall–Kier alpha value is -3.44. The molecule has 2 heterocycles. The van der Waals surface area contributed by atoms with Gasteiger partial charge in [0, 0.05) is 31.4 Å². The van der Waals surface area contributed by atoms with Crippen LogP contribution in [0, 0.1) is 5.92 Å². The number of benzene rings is 1. The van der Waals surface area contributed by atoms with Crippen molar-refractivity contribution in [3.63, 3.8) is 0 Å². The molecule has 0 aromatic heterocycles. The summed E-state index contributed by atoms with van der Waals surface area (Å²) in [5.74, 6) is -4.56. The number of likely N-dealkylation sites (N-methyl/N-ethyl adjacent to an activating group) is 1. The Balaban J connectivity index is 1.46. The summed E-state index contributed by atoms with van der Waals surface area (Å²) in [6.45, 7) is 3.14. The number of carboxylic acid groups (broad SMARTS) is 1. The van der Waals surface area contributed by atoms with E-state index in [1.54, 1.807) is 12.1 Å². The lowest BCUT2D eigenvalue weighted by Gasteiger charge is -2.61. The molecule has 5 rings (SSSR count). The monoisotopic (exact) mass is 529 g/mol. The van der Waals surface area contributed by atoms with Gasteiger partial charge in [-0.2, -0.15) is 0 Å². The maximum atomic E-state index is 13.3. The van der Waals surface area contributed by atoms with E-state index in [9.17, 15) is 34.5 Å². The lowest BCUT2D eigenvalue weighted by Crippen LogP contribution is -2.74. The Morgan fingerprint density at radius 1 is 1.24 bits per heavy atom. The number of hydrogen-bond donors (Lipinski definition) is 3. The molecule has 6 atom stereocenters. The largest absolute Gasteiger partial charge is 0.504 e. The van der Waals surface area contributed by atoms with Crippen LogP contribution in [0.1, 0.15) is 50.7 Å². The van der Waals surface area contributed by atoms with E-state index in [1.165, 1.54) is 6.92 Å². The van der Waals surface area contributed by atoms with E-state index in [0.717, 1.165) is 18.1 Å². The third kappa shape index (κ3) is 3.79. The molecule has 0 radical (unpaired) electrons. The van der Waals surface area contributed by atoms with Gasteiger partial charge in [0.05, 0.1) is 23.4 Å². The molecule has 0 unspecified atom stereocenters. The Morgan fingerprint density at radius 2 is 1.97 bits per heavy atom. The van der Waals surface area contributed by atoms with Crippen molar-refractivity contribution in [3.8, 4) is 11.5 Å². The van der Waals surface area contributed by atoms with Gasteiger partial charge in [0.2, 0.25) is 0 Å². The summed E-state index contributed by atoms with van der Waals surface area (Å²) in [5, 5.41) is 32.2. The van der Waals surface area contributed by atoms with Crippen molar-refractivity contribution in [1.29, 1.82) is 0 Å². The quantitative estimate of drug-likeness (QED) is 0.415. The highest BCUT2D eigenvalue weighted by atomic mass is 16.6. The van der Waals surface area contributed by atoms with Gasteiger partial charge in [-0.15, -0.1) is 0 Å². The lowest BCUT2D eigenvalue weighted by atomic mass is 9.50. The minimum Gasteiger partial charge on any atom is -0.504 e. The van der Waals surface area contributed by atoms with Crippen molar-refractivity contribution in [2.24, 2.45) is 5.92 Å². The fourth-order valence-electron chi connectivity index (χ4n) is 6.81. The zero-order chi connectivity index (χ0) is 27.6. The number of hydrogen-bond acceptors (Lipinski definition) is 10. The number of rotatable bonds is 8. The second-order valence-electron chi connectivity index (χ2n) is 10.7. The molecule has 11 nitrogen and oxygen atoms in total.